The monoisotopic (exact) mass is 318 g/mol. The van der Waals surface area contributed by atoms with E-state index in [0.717, 1.165) is 6.54 Å². The highest BCUT2D eigenvalue weighted by molar-refractivity contribution is 6.21. The van der Waals surface area contributed by atoms with Crippen LogP contribution >= 0.6 is 0 Å². The zero-order valence-electron chi connectivity index (χ0n) is 13.5. The third kappa shape index (κ3) is 4.29. The lowest BCUT2D eigenvalue weighted by Gasteiger charge is -2.14. The van der Waals surface area contributed by atoms with Gasteiger partial charge in [-0.25, -0.2) is 4.79 Å². The molecule has 0 unspecified atom stereocenters. The fourth-order valence-corrected chi connectivity index (χ4v) is 2.34. The molecule has 0 saturated carbocycles. The number of likely N-dealkylation sites (N-methyl/N-ethyl adjacent to an activating group) is 1. The van der Waals surface area contributed by atoms with Gasteiger partial charge in [0.25, 0.3) is 11.8 Å². The minimum absolute atomic E-state index is 0.241. The number of amides is 4. The molecule has 1 heterocycles. The van der Waals surface area contributed by atoms with E-state index in [1.54, 1.807) is 24.3 Å². The molecule has 23 heavy (non-hydrogen) atoms. The highest BCUT2D eigenvalue weighted by Gasteiger charge is 2.34. The maximum atomic E-state index is 12.1. The van der Waals surface area contributed by atoms with Gasteiger partial charge in [0, 0.05) is 26.2 Å². The fourth-order valence-electron chi connectivity index (χ4n) is 2.34. The first kappa shape index (κ1) is 17.0. The van der Waals surface area contributed by atoms with Gasteiger partial charge in [-0.1, -0.05) is 12.1 Å². The van der Waals surface area contributed by atoms with Gasteiger partial charge in [0.05, 0.1) is 11.1 Å². The Bertz CT molecular complexity index is 566. The summed E-state index contributed by atoms with van der Waals surface area (Å²) in [6, 6.07) is 6.56. The zero-order chi connectivity index (χ0) is 16.8. The Morgan fingerprint density at radius 1 is 1.04 bits per heavy atom. The van der Waals surface area contributed by atoms with Crippen LogP contribution in [-0.4, -0.2) is 67.9 Å². The molecular formula is C16H22N4O3. The molecule has 0 atom stereocenters. The minimum Gasteiger partial charge on any atom is -0.338 e. The number of rotatable bonds is 7. The van der Waals surface area contributed by atoms with Crippen LogP contribution < -0.4 is 10.6 Å². The Labute approximate surface area is 135 Å². The second-order valence-corrected chi connectivity index (χ2v) is 5.65. The number of hydrogen-bond acceptors (Lipinski definition) is 4. The van der Waals surface area contributed by atoms with Gasteiger partial charge in [0.1, 0.15) is 0 Å². The number of nitrogens with zero attached hydrogens (tertiary/aromatic N) is 2. The van der Waals surface area contributed by atoms with Gasteiger partial charge in [-0.2, -0.15) is 0 Å². The number of fused-ring (bicyclic) bond motifs is 1. The molecule has 0 radical (unpaired) electrons. The zero-order valence-corrected chi connectivity index (χ0v) is 13.5. The van der Waals surface area contributed by atoms with E-state index in [9.17, 15) is 14.4 Å². The Morgan fingerprint density at radius 2 is 1.61 bits per heavy atom. The molecule has 7 heteroatoms. The predicted octanol–water partition coefficient (Wildman–Crippen LogP) is 0.534. The lowest BCUT2D eigenvalue weighted by molar-refractivity contribution is 0.0653. The third-order valence-corrected chi connectivity index (χ3v) is 3.57. The van der Waals surface area contributed by atoms with Crippen molar-refractivity contribution >= 4 is 17.8 Å². The summed E-state index contributed by atoms with van der Waals surface area (Å²) in [5.41, 5.74) is 0.902. The first-order chi connectivity index (χ1) is 11.0. The first-order valence-corrected chi connectivity index (χ1v) is 7.62. The van der Waals surface area contributed by atoms with Crippen LogP contribution in [0.15, 0.2) is 24.3 Å². The van der Waals surface area contributed by atoms with Crippen LogP contribution in [0.4, 0.5) is 4.79 Å². The summed E-state index contributed by atoms with van der Waals surface area (Å²) >= 11 is 0. The quantitative estimate of drug-likeness (QED) is 0.568. The molecule has 0 aromatic heterocycles. The van der Waals surface area contributed by atoms with Gasteiger partial charge < -0.3 is 15.5 Å². The summed E-state index contributed by atoms with van der Waals surface area (Å²) in [6.45, 7) is 2.03. The molecule has 1 aromatic rings. The topological polar surface area (TPSA) is 81.8 Å². The fraction of sp³-hybridized carbons (Fsp3) is 0.438. The normalized spacial score (nSPS) is 13.4. The van der Waals surface area contributed by atoms with Crippen molar-refractivity contribution in [2.45, 2.75) is 6.42 Å². The Hall–Kier alpha value is -2.41. The van der Waals surface area contributed by atoms with Crippen molar-refractivity contribution in [1.29, 1.82) is 0 Å². The summed E-state index contributed by atoms with van der Waals surface area (Å²) in [4.78, 5) is 39.0. The molecule has 1 aromatic carbocycles. The molecule has 2 N–H and O–H groups in total. The molecule has 124 valence electrons. The van der Waals surface area contributed by atoms with Gasteiger partial charge in [-0.15, -0.1) is 0 Å². The molecular weight excluding hydrogens is 296 g/mol. The average molecular weight is 318 g/mol. The molecule has 0 aliphatic carbocycles. The molecule has 4 amide bonds. The molecule has 0 bridgehead atoms. The lowest BCUT2D eigenvalue weighted by Crippen LogP contribution is -2.40. The Morgan fingerprint density at radius 3 is 2.17 bits per heavy atom. The minimum atomic E-state index is -0.263. The molecule has 7 nitrogen and oxygen atoms in total. The van der Waals surface area contributed by atoms with Crippen molar-refractivity contribution < 1.29 is 14.4 Å². The molecule has 1 aliphatic heterocycles. The van der Waals surface area contributed by atoms with Crippen LogP contribution in [-0.2, 0) is 0 Å². The van der Waals surface area contributed by atoms with Crippen LogP contribution in [0.2, 0.25) is 0 Å². The number of urea groups is 1. The predicted molar refractivity (Wildman–Crippen MR) is 86.4 cm³/mol. The van der Waals surface area contributed by atoms with Crippen LogP contribution in [0, 0.1) is 0 Å². The van der Waals surface area contributed by atoms with Crippen molar-refractivity contribution in [2.24, 2.45) is 0 Å². The van der Waals surface area contributed by atoms with Gasteiger partial charge >= 0.3 is 6.03 Å². The highest BCUT2D eigenvalue weighted by atomic mass is 16.2. The molecule has 0 saturated heterocycles. The Balaban J connectivity index is 1.71. The van der Waals surface area contributed by atoms with Gasteiger partial charge in [0.15, 0.2) is 0 Å². The number of carbonyl (C=O) groups is 3. The molecule has 0 spiro atoms. The van der Waals surface area contributed by atoms with Crippen molar-refractivity contribution in [3.8, 4) is 0 Å². The van der Waals surface area contributed by atoms with Crippen LogP contribution in [0.25, 0.3) is 0 Å². The Kier molecular flexibility index (Phi) is 5.70. The molecule has 0 fully saturated rings. The second-order valence-electron chi connectivity index (χ2n) is 5.65. The van der Waals surface area contributed by atoms with Crippen LogP contribution in [0.1, 0.15) is 27.1 Å². The van der Waals surface area contributed by atoms with E-state index in [4.69, 9.17) is 0 Å². The molecule has 1 aliphatic rings. The number of benzene rings is 1. The van der Waals surface area contributed by atoms with Crippen LogP contribution in [0.5, 0.6) is 0 Å². The average Bonchev–Trinajstić information content (AvgIpc) is 2.76. The van der Waals surface area contributed by atoms with Crippen LogP contribution in [0.3, 0.4) is 0 Å². The standard InChI is InChI=1S/C16H22N4O3/c1-19(2)11-9-18-16(23)17-8-5-10-20-14(21)12-6-3-4-7-13(12)15(20)22/h3-4,6-7H,5,8-11H2,1-2H3,(H2,17,18,23). The highest BCUT2D eigenvalue weighted by Crippen LogP contribution is 2.22. The summed E-state index contributed by atoms with van der Waals surface area (Å²) in [5, 5.41) is 5.45. The van der Waals surface area contributed by atoms with E-state index >= 15 is 0 Å². The maximum Gasteiger partial charge on any atom is 0.314 e. The van der Waals surface area contributed by atoms with E-state index in [1.165, 1.54) is 4.90 Å². The van der Waals surface area contributed by atoms with Gasteiger partial charge in [0.2, 0.25) is 0 Å². The summed E-state index contributed by atoms with van der Waals surface area (Å²) < 4.78 is 0. The van der Waals surface area contributed by atoms with E-state index < -0.39 is 0 Å². The van der Waals surface area contributed by atoms with Crippen molar-refractivity contribution in [2.75, 3.05) is 40.3 Å². The number of imide groups is 1. The van der Waals surface area contributed by atoms with E-state index in [-0.39, 0.29) is 17.8 Å². The first-order valence-electron chi connectivity index (χ1n) is 7.62. The van der Waals surface area contributed by atoms with Gasteiger partial charge in [-0.3, -0.25) is 14.5 Å². The second kappa shape index (κ2) is 7.73. The van der Waals surface area contributed by atoms with Crippen molar-refractivity contribution in [3.05, 3.63) is 35.4 Å². The number of carbonyl (C=O) groups excluding carboxylic acids is 3. The third-order valence-electron chi connectivity index (χ3n) is 3.57. The summed E-state index contributed by atoms with van der Waals surface area (Å²) in [6.07, 6.45) is 0.520. The summed E-state index contributed by atoms with van der Waals surface area (Å²) in [7, 11) is 3.86. The van der Waals surface area contributed by atoms with Gasteiger partial charge in [-0.05, 0) is 32.6 Å². The summed E-state index contributed by atoms with van der Waals surface area (Å²) in [5.74, 6) is -0.526. The van der Waals surface area contributed by atoms with Crippen molar-refractivity contribution in [3.63, 3.8) is 0 Å². The largest absolute Gasteiger partial charge is 0.338 e. The van der Waals surface area contributed by atoms with E-state index in [1.807, 2.05) is 19.0 Å². The van der Waals surface area contributed by atoms with E-state index in [0.29, 0.717) is 37.2 Å². The maximum absolute atomic E-state index is 12.1. The smallest absolute Gasteiger partial charge is 0.314 e. The lowest BCUT2D eigenvalue weighted by atomic mass is 10.1. The SMILES string of the molecule is CN(C)CCNC(=O)NCCCN1C(=O)c2ccccc2C1=O. The number of nitrogens with one attached hydrogen (secondary N) is 2. The van der Waals surface area contributed by atoms with Crippen molar-refractivity contribution in [1.82, 2.24) is 20.4 Å². The molecule has 2 rings (SSSR count). The number of hydrogen-bond donors (Lipinski definition) is 2. The van der Waals surface area contributed by atoms with E-state index in [2.05, 4.69) is 10.6 Å².